The normalized spacial score (nSPS) is 16.7. The van der Waals surface area contributed by atoms with Crippen LogP contribution in [0.25, 0.3) is 0 Å². The molecule has 18 heavy (non-hydrogen) atoms. The molecule has 1 fully saturated rings. The average Bonchev–Trinajstić information content (AvgIpc) is 3.17. The zero-order chi connectivity index (χ0) is 13.2. The predicted octanol–water partition coefficient (Wildman–Crippen LogP) is 2.16. The van der Waals surface area contributed by atoms with Gasteiger partial charge in [-0.05, 0) is 32.3 Å². The third kappa shape index (κ3) is 2.56. The van der Waals surface area contributed by atoms with Crippen molar-refractivity contribution in [3.8, 4) is 0 Å². The number of carbonyl (C=O) groups is 1. The quantitative estimate of drug-likeness (QED) is 0.865. The second kappa shape index (κ2) is 5.11. The van der Waals surface area contributed by atoms with Crippen LogP contribution < -0.4 is 5.73 Å². The van der Waals surface area contributed by atoms with E-state index in [1.54, 1.807) is 0 Å². The fraction of sp³-hybridized carbons (Fsp3) is 0.533. The van der Waals surface area contributed by atoms with Crippen LogP contribution in [-0.4, -0.2) is 23.4 Å². The third-order valence-corrected chi connectivity index (χ3v) is 3.78. The zero-order valence-electron chi connectivity index (χ0n) is 11.2. The third-order valence-electron chi connectivity index (χ3n) is 3.78. The summed E-state index contributed by atoms with van der Waals surface area (Å²) in [5.41, 5.74) is 6.68. The Hall–Kier alpha value is -1.35. The van der Waals surface area contributed by atoms with Crippen molar-refractivity contribution in [2.45, 2.75) is 39.3 Å². The minimum atomic E-state index is -0.251. The summed E-state index contributed by atoms with van der Waals surface area (Å²) in [7, 11) is 0. The molecule has 3 heteroatoms. The monoisotopic (exact) mass is 246 g/mol. The van der Waals surface area contributed by atoms with Gasteiger partial charge in [0.1, 0.15) is 0 Å². The minimum absolute atomic E-state index is 0.210. The second-order valence-electron chi connectivity index (χ2n) is 5.50. The molecule has 0 unspecified atom stereocenters. The molecule has 0 bridgehead atoms. The molecule has 0 aliphatic heterocycles. The predicted molar refractivity (Wildman–Crippen MR) is 72.8 cm³/mol. The standard InChI is InChI=1S/C15H22N2O/c1-12(2)17(10-13-6-4-3-5-7-13)14(18)15(11-16)8-9-15/h3-7,12H,8-11,16H2,1-2H3. The van der Waals surface area contributed by atoms with Crippen LogP contribution in [0.3, 0.4) is 0 Å². The number of amides is 1. The van der Waals surface area contributed by atoms with E-state index < -0.39 is 0 Å². The van der Waals surface area contributed by atoms with Crippen LogP contribution in [0.4, 0.5) is 0 Å². The van der Waals surface area contributed by atoms with E-state index >= 15 is 0 Å². The Morgan fingerprint density at radius 1 is 1.33 bits per heavy atom. The van der Waals surface area contributed by atoms with Gasteiger partial charge in [-0.3, -0.25) is 4.79 Å². The van der Waals surface area contributed by atoms with Crippen LogP contribution in [0.2, 0.25) is 0 Å². The van der Waals surface area contributed by atoms with E-state index in [4.69, 9.17) is 5.73 Å². The first-order valence-electron chi connectivity index (χ1n) is 6.64. The molecular weight excluding hydrogens is 224 g/mol. The number of rotatable bonds is 5. The molecule has 1 saturated carbocycles. The second-order valence-corrected chi connectivity index (χ2v) is 5.50. The summed E-state index contributed by atoms with van der Waals surface area (Å²) in [6, 6.07) is 10.3. The first-order valence-corrected chi connectivity index (χ1v) is 6.64. The molecule has 1 amide bonds. The summed E-state index contributed by atoms with van der Waals surface area (Å²) in [6.07, 6.45) is 1.89. The Balaban J connectivity index is 2.12. The van der Waals surface area contributed by atoms with Gasteiger partial charge in [0.25, 0.3) is 0 Å². The molecule has 2 rings (SSSR count). The van der Waals surface area contributed by atoms with Gasteiger partial charge in [-0.15, -0.1) is 0 Å². The van der Waals surface area contributed by atoms with Crippen LogP contribution in [-0.2, 0) is 11.3 Å². The lowest BCUT2D eigenvalue weighted by molar-refractivity contribution is -0.139. The van der Waals surface area contributed by atoms with E-state index in [1.807, 2.05) is 23.1 Å². The summed E-state index contributed by atoms with van der Waals surface area (Å²) in [4.78, 5) is 14.5. The van der Waals surface area contributed by atoms with Gasteiger partial charge in [-0.25, -0.2) is 0 Å². The topological polar surface area (TPSA) is 46.3 Å². The lowest BCUT2D eigenvalue weighted by atomic mass is 10.0. The highest BCUT2D eigenvalue weighted by atomic mass is 16.2. The molecule has 1 aliphatic rings. The molecule has 3 nitrogen and oxygen atoms in total. The highest BCUT2D eigenvalue weighted by molar-refractivity contribution is 5.85. The summed E-state index contributed by atoms with van der Waals surface area (Å²) >= 11 is 0. The van der Waals surface area contributed by atoms with Gasteiger partial charge in [0, 0.05) is 19.1 Å². The lowest BCUT2D eigenvalue weighted by Crippen LogP contribution is -2.43. The van der Waals surface area contributed by atoms with E-state index in [0.717, 1.165) is 12.8 Å². The summed E-state index contributed by atoms with van der Waals surface area (Å²) in [5.74, 6) is 0.226. The SMILES string of the molecule is CC(C)N(Cc1ccccc1)C(=O)C1(CN)CC1. The van der Waals surface area contributed by atoms with Crippen molar-refractivity contribution in [1.82, 2.24) is 4.90 Å². The van der Waals surface area contributed by atoms with Crippen molar-refractivity contribution >= 4 is 5.91 Å². The van der Waals surface area contributed by atoms with Crippen LogP contribution in [0.15, 0.2) is 30.3 Å². The molecule has 0 spiro atoms. The maximum absolute atomic E-state index is 12.6. The van der Waals surface area contributed by atoms with E-state index in [2.05, 4.69) is 26.0 Å². The number of hydrogen-bond donors (Lipinski definition) is 1. The highest BCUT2D eigenvalue weighted by Gasteiger charge is 2.50. The summed E-state index contributed by atoms with van der Waals surface area (Å²) in [6.45, 7) is 5.28. The number of benzene rings is 1. The van der Waals surface area contributed by atoms with Crippen LogP contribution in [0.1, 0.15) is 32.3 Å². The first-order chi connectivity index (χ1) is 8.59. The van der Waals surface area contributed by atoms with Crippen molar-refractivity contribution in [1.29, 1.82) is 0 Å². The Labute approximate surface area is 109 Å². The largest absolute Gasteiger partial charge is 0.335 e. The van der Waals surface area contributed by atoms with E-state index in [0.29, 0.717) is 13.1 Å². The number of hydrogen-bond acceptors (Lipinski definition) is 2. The molecule has 1 aromatic carbocycles. The van der Waals surface area contributed by atoms with Crippen LogP contribution in [0.5, 0.6) is 0 Å². The molecule has 0 heterocycles. The van der Waals surface area contributed by atoms with Crippen LogP contribution in [0, 0.1) is 5.41 Å². The van der Waals surface area contributed by atoms with Gasteiger partial charge in [0.2, 0.25) is 5.91 Å². The molecule has 2 N–H and O–H groups in total. The fourth-order valence-corrected chi connectivity index (χ4v) is 2.23. The molecule has 0 saturated heterocycles. The van der Waals surface area contributed by atoms with Crippen molar-refractivity contribution in [2.24, 2.45) is 11.1 Å². The maximum atomic E-state index is 12.6. The van der Waals surface area contributed by atoms with Crippen molar-refractivity contribution in [3.05, 3.63) is 35.9 Å². The number of nitrogens with zero attached hydrogens (tertiary/aromatic N) is 1. The summed E-state index contributed by atoms with van der Waals surface area (Å²) < 4.78 is 0. The van der Waals surface area contributed by atoms with Crippen molar-refractivity contribution in [2.75, 3.05) is 6.54 Å². The first kappa shape index (κ1) is 13.1. The van der Waals surface area contributed by atoms with E-state index in [9.17, 15) is 4.79 Å². The van der Waals surface area contributed by atoms with Crippen LogP contribution >= 0.6 is 0 Å². The molecule has 0 aromatic heterocycles. The average molecular weight is 246 g/mol. The molecule has 98 valence electrons. The van der Waals surface area contributed by atoms with Gasteiger partial charge in [-0.2, -0.15) is 0 Å². The van der Waals surface area contributed by atoms with E-state index in [-0.39, 0.29) is 17.4 Å². The highest BCUT2D eigenvalue weighted by Crippen LogP contribution is 2.46. The van der Waals surface area contributed by atoms with Gasteiger partial charge < -0.3 is 10.6 Å². The smallest absolute Gasteiger partial charge is 0.230 e. The Morgan fingerprint density at radius 2 is 1.94 bits per heavy atom. The number of carbonyl (C=O) groups excluding carboxylic acids is 1. The van der Waals surface area contributed by atoms with Gasteiger partial charge >= 0.3 is 0 Å². The minimum Gasteiger partial charge on any atom is -0.335 e. The molecule has 1 aromatic rings. The van der Waals surface area contributed by atoms with Gasteiger partial charge in [-0.1, -0.05) is 30.3 Å². The van der Waals surface area contributed by atoms with Gasteiger partial charge in [0.15, 0.2) is 0 Å². The molecule has 0 radical (unpaired) electrons. The van der Waals surface area contributed by atoms with Crippen molar-refractivity contribution < 1.29 is 4.79 Å². The molecular formula is C15H22N2O. The van der Waals surface area contributed by atoms with Crippen molar-refractivity contribution in [3.63, 3.8) is 0 Å². The maximum Gasteiger partial charge on any atom is 0.230 e. The molecule has 0 atom stereocenters. The lowest BCUT2D eigenvalue weighted by Gasteiger charge is -2.30. The number of nitrogens with two attached hydrogens (primary N) is 1. The molecule has 1 aliphatic carbocycles. The van der Waals surface area contributed by atoms with E-state index in [1.165, 1.54) is 5.56 Å². The zero-order valence-corrected chi connectivity index (χ0v) is 11.2. The Bertz CT molecular complexity index is 410. The van der Waals surface area contributed by atoms with Gasteiger partial charge in [0.05, 0.1) is 5.41 Å². The Morgan fingerprint density at radius 3 is 2.39 bits per heavy atom. The fourth-order valence-electron chi connectivity index (χ4n) is 2.23. The Kier molecular flexibility index (Phi) is 3.71. The summed E-state index contributed by atoms with van der Waals surface area (Å²) in [5, 5.41) is 0.